The van der Waals surface area contributed by atoms with Crippen molar-refractivity contribution < 1.29 is 17.6 Å². The zero-order valence-electron chi connectivity index (χ0n) is 16.9. The Morgan fingerprint density at radius 2 is 2.00 bits per heavy atom. The summed E-state index contributed by atoms with van der Waals surface area (Å²) in [6.07, 6.45) is 3.09. The van der Waals surface area contributed by atoms with E-state index in [-0.39, 0.29) is 29.2 Å². The summed E-state index contributed by atoms with van der Waals surface area (Å²) in [7, 11) is -3.63. The number of piperidine rings is 1. The zero-order valence-corrected chi connectivity index (χ0v) is 17.7. The molecule has 0 aromatic heterocycles. The van der Waals surface area contributed by atoms with Gasteiger partial charge in [-0.25, -0.2) is 17.5 Å². The van der Waals surface area contributed by atoms with Crippen LogP contribution in [0.15, 0.2) is 60.0 Å². The van der Waals surface area contributed by atoms with Crippen molar-refractivity contribution in [1.82, 2.24) is 10.0 Å². The van der Waals surface area contributed by atoms with Gasteiger partial charge in [0.1, 0.15) is 5.82 Å². The van der Waals surface area contributed by atoms with Crippen molar-refractivity contribution in [3.63, 3.8) is 0 Å². The molecule has 0 bridgehead atoms. The normalized spacial score (nSPS) is 16.9. The molecule has 1 saturated heterocycles. The smallest absolute Gasteiger partial charge is 0.251 e. The summed E-state index contributed by atoms with van der Waals surface area (Å²) < 4.78 is 40.8. The van der Waals surface area contributed by atoms with Crippen LogP contribution in [0.25, 0.3) is 0 Å². The third kappa shape index (κ3) is 5.25. The van der Waals surface area contributed by atoms with Crippen LogP contribution in [-0.4, -0.2) is 40.0 Å². The molecule has 1 aliphatic heterocycles. The molecule has 2 aromatic carbocycles. The summed E-state index contributed by atoms with van der Waals surface area (Å²) in [4.78, 5) is 14.7. The maximum Gasteiger partial charge on any atom is 0.251 e. The number of sulfonamides is 1. The van der Waals surface area contributed by atoms with Crippen LogP contribution in [-0.2, 0) is 10.0 Å². The largest absolute Gasteiger partial charge is 0.367 e. The molecule has 1 amide bonds. The van der Waals surface area contributed by atoms with Crippen LogP contribution >= 0.6 is 0 Å². The molecule has 0 radical (unpaired) electrons. The van der Waals surface area contributed by atoms with Gasteiger partial charge in [0.05, 0.1) is 10.6 Å². The number of benzene rings is 2. The van der Waals surface area contributed by atoms with E-state index in [1.54, 1.807) is 6.07 Å². The van der Waals surface area contributed by atoms with Gasteiger partial charge >= 0.3 is 0 Å². The van der Waals surface area contributed by atoms with E-state index in [0.717, 1.165) is 24.9 Å². The molecule has 0 saturated carbocycles. The highest BCUT2D eigenvalue weighted by atomic mass is 32.2. The Morgan fingerprint density at radius 1 is 1.27 bits per heavy atom. The molecular weight excluding hydrogens is 405 g/mol. The molecule has 1 atom stereocenters. The molecule has 1 heterocycles. The number of carbonyl (C=O) groups is 1. The van der Waals surface area contributed by atoms with Crippen LogP contribution in [0.4, 0.5) is 10.1 Å². The van der Waals surface area contributed by atoms with Crippen molar-refractivity contribution >= 4 is 21.6 Å². The van der Waals surface area contributed by atoms with Crippen molar-refractivity contribution in [1.29, 1.82) is 0 Å². The number of aryl methyl sites for hydroxylation is 1. The molecule has 1 aliphatic rings. The van der Waals surface area contributed by atoms with E-state index in [9.17, 15) is 17.6 Å². The van der Waals surface area contributed by atoms with Gasteiger partial charge in [-0.1, -0.05) is 12.1 Å². The summed E-state index contributed by atoms with van der Waals surface area (Å²) in [6.45, 7) is 6.78. The lowest BCUT2D eigenvalue weighted by Crippen LogP contribution is -2.48. The van der Waals surface area contributed by atoms with Crippen LogP contribution in [0, 0.1) is 12.7 Å². The number of anilines is 1. The molecule has 2 N–H and O–H groups in total. The Kier molecular flexibility index (Phi) is 6.89. The van der Waals surface area contributed by atoms with Gasteiger partial charge in [0.2, 0.25) is 10.0 Å². The van der Waals surface area contributed by atoms with Crippen molar-refractivity contribution in [2.24, 2.45) is 0 Å². The van der Waals surface area contributed by atoms with E-state index in [0.29, 0.717) is 17.8 Å². The van der Waals surface area contributed by atoms with Crippen LogP contribution in [0.3, 0.4) is 0 Å². The molecule has 6 nitrogen and oxygen atoms in total. The minimum atomic E-state index is -3.63. The van der Waals surface area contributed by atoms with E-state index in [1.807, 2.05) is 17.9 Å². The summed E-state index contributed by atoms with van der Waals surface area (Å²) in [6, 6.07) is 10.7. The molecule has 0 aliphatic carbocycles. The third-order valence-corrected chi connectivity index (χ3v) is 6.48. The van der Waals surface area contributed by atoms with E-state index in [2.05, 4.69) is 16.6 Å². The number of hydrogen-bond acceptors (Lipinski definition) is 4. The third-order valence-electron chi connectivity index (χ3n) is 5.04. The Bertz CT molecular complexity index is 1020. The number of hydrogen-bond donors (Lipinski definition) is 2. The van der Waals surface area contributed by atoms with Gasteiger partial charge in [-0.05, 0) is 61.7 Å². The zero-order chi connectivity index (χ0) is 21.7. The number of halogens is 1. The monoisotopic (exact) mass is 431 g/mol. The SMILES string of the molecule is C=CCNS(=O)(=O)c1ccc(C(=O)NC2CCCN(c3cc(C)ccc3F)C2)cc1. The lowest BCUT2D eigenvalue weighted by molar-refractivity contribution is 0.0933. The molecule has 3 rings (SSSR count). The quantitative estimate of drug-likeness (QED) is 0.661. The highest BCUT2D eigenvalue weighted by Gasteiger charge is 2.24. The van der Waals surface area contributed by atoms with Crippen LogP contribution in [0.5, 0.6) is 0 Å². The van der Waals surface area contributed by atoms with E-state index in [4.69, 9.17) is 0 Å². The van der Waals surface area contributed by atoms with Gasteiger partial charge in [-0.15, -0.1) is 6.58 Å². The van der Waals surface area contributed by atoms with Crippen molar-refractivity contribution in [3.8, 4) is 0 Å². The van der Waals surface area contributed by atoms with E-state index >= 15 is 0 Å². The minimum absolute atomic E-state index is 0.0830. The standard InChI is InChI=1S/C22H26FN3O3S/c1-3-12-24-30(28,29)19-9-7-17(8-10-19)22(27)25-18-5-4-13-26(15-18)21-14-16(2)6-11-20(21)23/h3,6-11,14,18,24H,1,4-5,12-13,15H2,2H3,(H,25,27). The van der Waals surface area contributed by atoms with Gasteiger partial charge in [-0.2, -0.15) is 0 Å². The predicted octanol–water partition coefficient (Wildman–Crippen LogP) is 3.00. The Hall–Kier alpha value is -2.71. The Morgan fingerprint density at radius 3 is 2.70 bits per heavy atom. The molecule has 8 heteroatoms. The van der Waals surface area contributed by atoms with Gasteiger partial charge in [0.25, 0.3) is 5.91 Å². The average Bonchev–Trinajstić information content (AvgIpc) is 2.74. The molecule has 160 valence electrons. The molecule has 0 spiro atoms. The van der Waals surface area contributed by atoms with Crippen molar-refractivity contribution in [2.75, 3.05) is 24.5 Å². The minimum Gasteiger partial charge on any atom is -0.367 e. The molecule has 30 heavy (non-hydrogen) atoms. The predicted molar refractivity (Wildman–Crippen MR) is 116 cm³/mol. The highest BCUT2D eigenvalue weighted by molar-refractivity contribution is 7.89. The first-order valence-corrected chi connectivity index (χ1v) is 11.3. The van der Waals surface area contributed by atoms with Crippen LogP contribution in [0.2, 0.25) is 0 Å². The first-order valence-electron chi connectivity index (χ1n) is 9.83. The fourth-order valence-electron chi connectivity index (χ4n) is 3.48. The molecular formula is C22H26FN3O3S. The second-order valence-electron chi connectivity index (χ2n) is 7.38. The number of nitrogens with one attached hydrogen (secondary N) is 2. The van der Waals surface area contributed by atoms with Gasteiger partial charge in [0.15, 0.2) is 0 Å². The number of rotatable bonds is 7. The fourth-order valence-corrected chi connectivity index (χ4v) is 4.48. The second-order valence-corrected chi connectivity index (χ2v) is 9.15. The molecule has 1 unspecified atom stereocenters. The van der Waals surface area contributed by atoms with E-state index < -0.39 is 10.0 Å². The summed E-state index contributed by atoms with van der Waals surface area (Å²) >= 11 is 0. The molecule has 1 fully saturated rings. The maximum absolute atomic E-state index is 14.2. The maximum atomic E-state index is 14.2. The summed E-state index contributed by atoms with van der Waals surface area (Å²) in [5.41, 5.74) is 1.90. The topological polar surface area (TPSA) is 78.5 Å². The first-order chi connectivity index (χ1) is 14.3. The Labute approximate surface area is 176 Å². The first kappa shape index (κ1) is 22.0. The Balaban J connectivity index is 1.65. The van der Waals surface area contributed by atoms with E-state index in [1.165, 1.54) is 36.4 Å². The van der Waals surface area contributed by atoms with Crippen molar-refractivity contribution in [2.45, 2.75) is 30.7 Å². The lowest BCUT2D eigenvalue weighted by atomic mass is 10.0. The number of nitrogens with zero attached hydrogens (tertiary/aromatic N) is 1. The van der Waals surface area contributed by atoms with Gasteiger partial charge in [-0.3, -0.25) is 4.79 Å². The lowest BCUT2D eigenvalue weighted by Gasteiger charge is -2.35. The second kappa shape index (κ2) is 9.40. The molecule has 2 aromatic rings. The van der Waals surface area contributed by atoms with Crippen LogP contribution < -0.4 is 14.9 Å². The number of carbonyl (C=O) groups excluding carboxylic acids is 1. The average molecular weight is 432 g/mol. The number of amides is 1. The van der Waals surface area contributed by atoms with Gasteiger partial charge < -0.3 is 10.2 Å². The summed E-state index contributed by atoms with van der Waals surface area (Å²) in [5, 5.41) is 2.98. The highest BCUT2D eigenvalue weighted by Crippen LogP contribution is 2.24. The fraction of sp³-hybridized carbons (Fsp3) is 0.318. The van der Waals surface area contributed by atoms with Gasteiger partial charge in [0, 0.05) is 31.2 Å². The summed E-state index contributed by atoms with van der Waals surface area (Å²) in [5.74, 6) is -0.552. The van der Waals surface area contributed by atoms with Crippen LogP contribution in [0.1, 0.15) is 28.8 Å². The van der Waals surface area contributed by atoms with Crippen molar-refractivity contribution in [3.05, 3.63) is 72.1 Å².